The van der Waals surface area contributed by atoms with Gasteiger partial charge in [0.2, 0.25) is 0 Å². The minimum absolute atomic E-state index is 0.358. The summed E-state index contributed by atoms with van der Waals surface area (Å²) in [5, 5.41) is 0.953. The fourth-order valence-electron chi connectivity index (χ4n) is 2.68. The summed E-state index contributed by atoms with van der Waals surface area (Å²) in [6.45, 7) is 3.69. The van der Waals surface area contributed by atoms with E-state index >= 15 is 0 Å². The number of fused-ring (bicyclic) bond motifs is 1. The van der Waals surface area contributed by atoms with Crippen LogP contribution in [0.3, 0.4) is 0 Å². The monoisotopic (exact) mass is 274 g/mol. The van der Waals surface area contributed by atoms with Crippen molar-refractivity contribution in [2.75, 3.05) is 31.2 Å². The second-order valence-electron chi connectivity index (χ2n) is 5.28. The summed E-state index contributed by atoms with van der Waals surface area (Å²) < 4.78 is 6.24. The summed E-state index contributed by atoms with van der Waals surface area (Å²) in [7, 11) is 0. The zero-order valence-corrected chi connectivity index (χ0v) is 11.0. The molecule has 4 rings (SSSR count). The number of primary amides is 1. The summed E-state index contributed by atoms with van der Waals surface area (Å²) in [6.07, 6.45) is 0. The highest BCUT2D eigenvalue weighted by molar-refractivity contribution is 7.22. The summed E-state index contributed by atoms with van der Waals surface area (Å²) in [4.78, 5) is 18.1. The zero-order valence-electron chi connectivity index (χ0n) is 10.2. The smallest absolute Gasteiger partial charge is 0.251 e. The predicted octanol–water partition coefficient (Wildman–Crippen LogP) is 1.03. The number of carbonyl (C=O) groups excluding carboxylic acids is 1. The van der Waals surface area contributed by atoms with Crippen LogP contribution in [-0.4, -0.2) is 37.2 Å². The molecule has 0 atom stereocenters. The van der Waals surface area contributed by atoms with E-state index in [0.717, 1.165) is 36.1 Å². The average Bonchev–Trinajstić information content (AvgIpc) is 2.67. The van der Waals surface area contributed by atoms with E-state index in [4.69, 9.17) is 10.5 Å². The molecule has 97 valence electrons. The van der Waals surface area contributed by atoms with E-state index in [1.807, 2.05) is 6.07 Å². The van der Waals surface area contributed by atoms with Gasteiger partial charge in [-0.15, -0.1) is 0 Å². The van der Waals surface area contributed by atoms with E-state index in [9.17, 15) is 4.79 Å². The normalized spacial score (nSPS) is 20.3. The minimum Gasteiger partial charge on any atom is -0.380 e. The van der Waals surface area contributed by atoms with Gasteiger partial charge in [-0.25, -0.2) is 4.98 Å². The molecule has 6 heteroatoms. The maximum absolute atomic E-state index is 11.4. The van der Waals surface area contributed by atoms with Gasteiger partial charge in [-0.05, 0) is 12.1 Å². The van der Waals surface area contributed by atoms with Gasteiger partial charge < -0.3 is 15.4 Å². The Morgan fingerprint density at radius 3 is 2.95 bits per heavy atom. The van der Waals surface area contributed by atoms with Gasteiger partial charge in [0.25, 0.3) is 5.91 Å². The zero-order chi connectivity index (χ0) is 13.0. The number of hydrogen-bond donors (Lipinski definition) is 1. The van der Waals surface area contributed by atoms with Crippen molar-refractivity contribution >= 4 is 32.6 Å². The summed E-state index contributed by atoms with van der Waals surface area (Å²) in [5.41, 5.74) is 6.75. The van der Waals surface area contributed by atoms with Crippen LogP contribution in [0.25, 0.3) is 10.2 Å². The number of carbonyl (C=O) groups is 1. The largest absolute Gasteiger partial charge is 0.380 e. The van der Waals surface area contributed by atoms with Gasteiger partial charge in [-0.1, -0.05) is 17.4 Å². The number of nitrogens with two attached hydrogens (primary N) is 1. The van der Waals surface area contributed by atoms with E-state index < -0.39 is 5.91 Å². The van der Waals surface area contributed by atoms with Crippen molar-refractivity contribution in [3.8, 4) is 0 Å². The molecule has 2 saturated heterocycles. The molecule has 1 aromatic carbocycles. The number of ether oxygens (including phenoxy) is 1. The first-order valence-corrected chi connectivity index (χ1v) is 6.92. The fraction of sp³-hybridized carbons (Fsp3) is 0.385. The van der Waals surface area contributed by atoms with E-state index in [0.29, 0.717) is 16.5 Å². The first-order valence-electron chi connectivity index (χ1n) is 6.11. The van der Waals surface area contributed by atoms with Crippen molar-refractivity contribution in [1.29, 1.82) is 0 Å². The Morgan fingerprint density at radius 1 is 1.53 bits per heavy atom. The molecule has 5 nitrogen and oxygen atoms in total. The third-order valence-electron chi connectivity index (χ3n) is 3.73. The molecule has 2 aliphatic heterocycles. The van der Waals surface area contributed by atoms with Crippen LogP contribution in [0.1, 0.15) is 10.4 Å². The number of amides is 1. The summed E-state index contributed by atoms with van der Waals surface area (Å²) >= 11 is 1.59. The van der Waals surface area contributed by atoms with E-state index in [1.54, 1.807) is 17.4 Å². The molecule has 19 heavy (non-hydrogen) atoms. The Hall–Kier alpha value is -1.66. The number of nitrogens with zero attached hydrogens (tertiary/aromatic N) is 2. The molecule has 1 radical (unpaired) electrons. The Kier molecular flexibility index (Phi) is 2.17. The molecule has 0 saturated carbocycles. The summed E-state index contributed by atoms with van der Waals surface area (Å²) in [6, 6.07) is 6.51. The SMILES string of the molecule is NC(=O)c1[c]ccc2sc(N3CC4(COC4)C3)nc12. The maximum Gasteiger partial charge on any atom is 0.251 e. The van der Waals surface area contributed by atoms with Crippen molar-refractivity contribution < 1.29 is 9.53 Å². The molecule has 1 spiro atoms. The van der Waals surface area contributed by atoms with Crippen LogP contribution in [0, 0.1) is 11.5 Å². The van der Waals surface area contributed by atoms with Crippen LogP contribution in [0.2, 0.25) is 0 Å². The van der Waals surface area contributed by atoms with Gasteiger partial charge in [0.1, 0.15) is 0 Å². The highest BCUT2D eigenvalue weighted by atomic mass is 32.1. The number of aromatic nitrogens is 1. The quantitative estimate of drug-likeness (QED) is 0.888. The van der Waals surface area contributed by atoms with Gasteiger partial charge in [0.15, 0.2) is 5.13 Å². The van der Waals surface area contributed by atoms with Crippen LogP contribution >= 0.6 is 11.3 Å². The lowest BCUT2D eigenvalue weighted by molar-refractivity contribution is -0.127. The molecule has 1 aromatic heterocycles. The molecule has 2 N–H and O–H groups in total. The molecular formula is C13H12N3O2S. The fourth-order valence-corrected chi connectivity index (χ4v) is 3.65. The van der Waals surface area contributed by atoms with Gasteiger partial charge in [-0.2, -0.15) is 0 Å². The van der Waals surface area contributed by atoms with Gasteiger partial charge in [0, 0.05) is 13.1 Å². The maximum atomic E-state index is 11.4. The Labute approximate surface area is 114 Å². The number of thiazole rings is 1. The van der Waals surface area contributed by atoms with Crippen LogP contribution < -0.4 is 10.6 Å². The lowest BCUT2D eigenvalue weighted by atomic mass is 9.78. The standard InChI is InChI=1S/C13H12N3O2S/c14-11(17)8-2-1-3-9-10(8)15-12(19-9)16-4-13(5-16)6-18-7-13/h1,3H,4-7H2,(H2,14,17). The first kappa shape index (κ1) is 11.2. The van der Waals surface area contributed by atoms with Gasteiger partial charge in [0.05, 0.1) is 34.4 Å². The molecule has 3 heterocycles. The third kappa shape index (κ3) is 1.56. The van der Waals surface area contributed by atoms with Crippen LogP contribution in [0.4, 0.5) is 5.13 Å². The van der Waals surface area contributed by atoms with Crippen LogP contribution in [0.15, 0.2) is 12.1 Å². The first-order chi connectivity index (χ1) is 9.17. The molecular weight excluding hydrogens is 262 g/mol. The third-order valence-corrected chi connectivity index (χ3v) is 4.81. The molecule has 0 bridgehead atoms. The minimum atomic E-state index is -0.477. The average molecular weight is 274 g/mol. The molecule has 2 aromatic rings. The van der Waals surface area contributed by atoms with E-state index in [2.05, 4.69) is 16.0 Å². The number of anilines is 1. The highest BCUT2D eigenvalue weighted by Crippen LogP contribution is 2.42. The van der Waals surface area contributed by atoms with Crippen molar-refractivity contribution in [3.05, 3.63) is 23.8 Å². The molecule has 2 fully saturated rings. The predicted molar refractivity (Wildman–Crippen MR) is 72.4 cm³/mol. The molecule has 2 aliphatic rings. The van der Waals surface area contributed by atoms with Gasteiger partial charge >= 0.3 is 0 Å². The van der Waals surface area contributed by atoms with Crippen LogP contribution in [0.5, 0.6) is 0 Å². The molecule has 0 unspecified atom stereocenters. The van der Waals surface area contributed by atoms with E-state index in [1.165, 1.54) is 0 Å². The van der Waals surface area contributed by atoms with E-state index in [-0.39, 0.29) is 0 Å². The Balaban J connectivity index is 1.69. The number of hydrogen-bond acceptors (Lipinski definition) is 5. The Morgan fingerprint density at radius 2 is 2.32 bits per heavy atom. The lowest BCUT2D eigenvalue weighted by Crippen LogP contribution is -2.66. The Bertz CT molecular complexity index is 670. The molecule has 1 amide bonds. The van der Waals surface area contributed by atoms with Crippen molar-refractivity contribution in [1.82, 2.24) is 4.98 Å². The van der Waals surface area contributed by atoms with Crippen molar-refractivity contribution in [2.24, 2.45) is 11.1 Å². The second-order valence-corrected chi connectivity index (χ2v) is 6.28. The second kappa shape index (κ2) is 3.68. The number of rotatable bonds is 2. The lowest BCUT2D eigenvalue weighted by Gasteiger charge is -2.54. The molecule has 0 aliphatic carbocycles. The highest BCUT2D eigenvalue weighted by Gasteiger charge is 2.49. The number of benzene rings is 1. The van der Waals surface area contributed by atoms with Crippen molar-refractivity contribution in [2.45, 2.75) is 0 Å². The van der Waals surface area contributed by atoms with Gasteiger partial charge in [-0.3, -0.25) is 4.79 Å². The van der Waals surface area contributed by atoms with Crippen molar-refractivity contribution in [3.63, 3.8) is 0 Å². The van der Waals surface area contributed by atoms with Crippen LogP contribution in [-0.2, 0) is 4.74 Å². The topological polar surface area (TPSA) is 68.5 Å². The summed E-state index contributed by atoms with van der Waals surface area (Å²) in [5.74, 6) is -0.477.